The highest BCUT2D eigenvalue weighted by atomic mass is 35.5. The van der Waals surface area contributed by atoms with Gasteiger partial charge in [0, 0.05) is 17.4 Å². The van der Waals surface area contributed by atoms with Gasteiger partial charge in [0.25, 0.3) is 0 Å². The molecule has 3 nitrogen and oxygen atoms in total. The van der Waals surface area contributed by atoms with E-state index in [1.165, 1.54) is 12.1 Å². The minimum absolute atomic E-state index is 0.0382. The van der Waals surface area contributed by atoms with Crippen LogP contribution in [0.1, 0.15) is 46.7 Å². The standard InChI is InChI=1S/C18H19ClO3/c19-11-5-4-8-15(13-6-2-1-3-7-13)16-12-14(18(21)22)9-10-17(16)20/h1-3,6-7,9-10,12,15,20H,4-5,8,11H2,(H,21,22). The first-order chi connectivity index (χ1) is 10.6. The third-order valence-corrected chi connectivity index (χ3v) is 4.00. The molecule has 0 heterocycles. The molecule has 2 aromatic carbocycles. The van der Waals surface area contributed by atoms with Gasteiger partial charge in [-0.25, -0.2) is 4.79 Å². The lowest BCUT2D eigenvalue weighted by Crippen LogP contribution is -2.05. The van der Waals surface area contributed by atoms with Crippen LogP contribution in [0.25, 0.3) is 0 Å². The number of phenols is 1. The Morgan fingerprint density at radius 3 is 2.45 bits per heavy atom. The highest BCUT2D eigenvalue weighted by molar-refractivity contribution is 6.17. The Labute approximate surface area is 135 Å². The third-order valence-electron chi connectivity index (χ3n) is 3.73. The van der Waals surface area contributed by atoms with Crippen molar-refractivity contribution in [2.75, 3.05) is 5.88 Å². The number of halogens is 1. The molecule has 0 bridgehead atoms. The van der Waals surface area contributed by atoms with Crippen molar-refractivity contribution in [2.45, 2.75) is 25.2 Å². The summed E-state index contributed by atoms with van der Waals surface area (Å²) >= 11 is 5.75. The van der Waals surface area contributed by atoms with Gasteiger partial charge in [-0.2, -0.15) is 0 Å². The summed E-state index contributed by atoms with van der Waals surface area (Å²) < 4.78 is 0. The molecule has 116 valence electrons. The van der Waals surface area contributed by atoms with Gasteiger partial charge in [0.2, 0.25) is 0 Å². The van der Waals surface area contributed by atoms with Crippen molar-refractivity contribution in [2.24, 2.45) is 0 Å². The summed E-state index contributed by atoms with van der Waals surface area (Å²) in [5, 5.41) is 19.4. The molecule has 0 spiro atoms. The minimum Gasteiger partial charge on any atom is -0.508 e. The zero-order chi connectivity index (χ0) is 15.9. The number of carbonyl (C=O) groups is 1. The molecule has 4 heteroatoms. The molecule has 1 unspecified atom stereocenters. The Bertz CT molecular complexity index is 625. The van der Waals surface area contributed by atoms with E-state index in [1.807, 2.05) is 30.3 Å². The zero-order valence-corrected chi connectivity index (χ0v) is 13.0. The predicted molar refractivity (Wildman–Crippen MR) is 87.9 cm³/mol. The fourth-order valence-electron chi connectivity index (χ4n) is 2.60. The lowest BCUT2D eigenvalue weighted by atomic mass is 9.86. The van der Waals surface area contributed by atoms with Gasteiger partial charge >= 0.3 is 5.97 Å². The van der Waals surface area contributed by atoms with E-state index in [9.17, 15) is 9.90 Å². The molecule has 0 amide bonds. The molecular formula is C18H19ClO3. The van der Waals surface area contributed by atoms with Crippen LogP contribution in [0.2, 0.25) is 0 Å². The van der Waals surface area contributed by atoms with E-state index in [2.05, 4.69) is 0 Å². The molecule has 0 aliphatic carbocycles. The van der Waals surface area contributed by atoms with Crippen LogP contribution in [0.4, 0.5) is 0 Å². The van der Waals surface area contributed by atoms with Gasteiger partial charge in [0.15, 0.2) is 0 Å². The normalized spacial score (nSPS) is 12.0. The van der Waals surface area contributed by atoms with Crippen LogP contribution in [0, 0.1) is 0 Å². The number of aromatic hydroxyl groups is 1. The molecular weight excluding hydrogens is 300 g/mol. The third kappa shape index (κ3) is 4.01. The Kier molecular flexibility index (Phi) is 5.84. The highest BCUT2D eigenvalue weighted by Crippen LogP contribution is 2.35. The Morgan fingerprint density at radius 2 is 1.82 bits per heavy atom. The van der Waals surface area contributed by atoms with E-state index in [-0.39, 0.29) is 17.2 Å². The summed E-state index contributed by atoms with van der Waals surface area (Å²) in [7, 11) is 0. The Balaban J connectivity index is 2.40. The van der Waals surface area contributed by atoms with Crippen molar-refractivity contribution < 1.29 is 15.0 Å². The largest absolute Gasteiger partial charge is 0.508 e. The lowest BCUT2D eigenvalue weighted by molar-refractivity contribution is 0.0696. The van der Waals surface area contributed by atoms with Crippen molar-refractivity contribution in [3.05, 3.63) is 65.2 Å². The van der Waals surface area contributed by atoms with E-state index < -0.39 is 5.97 Å². The van der Waals surface area contributed by atoms with Gasteiger partial charge in [-0.15, -0.1) is 11.6 Å². The van der Waals surface area contributed by atoms with E-state index in [1.54, 1.807) is 6.07 Å². The number of unbranched alkanes of at least 4 members (excludes halogenated alkanes) is 1. The number of rotatable bonds is 7. The predicted octanol–water partition coefficient (Wildman–Crippen LogP) is 4.63. The molecule has 2 N–H and O–H groups in total. The summed E-state index contributed by atoms with van der Waals surface area (Å²) in [6, 6.07) is 14.3. The molecule has 0 aliphatic heterocycles. The van der Waals surface area contributed by atoms with E-state index in [0.29, 0.717) is 11.4 Å². The fraction of sp³-hybridized carbons (Fsp3) is 0.278. The monoisotopic (exact) mass is 318 g/mol. The van der Waals surface area contributed by atoms with Gasteiger partial charge in [0.1, 0.15) is 5.75 Å². The van der Waals surface area contributed by atoms with Crippen molar-refractivity contribution in [1.82, 2.24) is 0 Å². The molecule has 0 radical (unpaired) electrons. The van der Waals surface area contributed by atoms with E-state index in [0.717, 1.165) is 24.8 Å². The molecule has 0 saturated carbocycles. The maximum absolute atomic E-state index is 11.2. The molecule has 0 aliphatic rings. The van der Waals surface area contributed by atoms with Crippen LogP contribution in [0.3, 0.4) is 0 Å². The first kappa shape index (κ1) is 16.4. The summed E-state index contributed by atoms with van der Waals surface area (Å²) in [5.41, 5.74) is 1.90. The molecule has 2 aromatic rings. The molecule has 0 aromatic heterocycles. The Morgan fingerprint density at radius 1 is 1.09 bits per heavy atom. The summed E-state index contributed by atoms with van der Waals surface area (Å²) in [5.74, 6) is -0.301. The number of alkyl halides is 1. The van der Waals surface area contributed by atoms with Gasteiger partial charge < -0.3 is 10.2 Å². The van der Waals surface area contributed by atoms with Crippen LogP contribution < -0.4 is 0 Å². The summed E-state index contributed by atoms with van der Waals surface area (Å²) in [6.07, 6.45) is 2.62. The smallest absolute Gasteiger partial charge is 0.335 e. The van der Waals surface area contributed by atoms with E-state index in [4.69, 9.17) is 16.7 Å². The van der Waals surface area contributed by atoms with E-state index >= 15 is 0 Å². The van der Waals surface area contributed by atoms with Gasteiger partial charge in [0.05, 0.1) is 5.56 Å². The van der Waals surface area contributed by atoms with Gasteiger partial charge in [-0.1, -0.05) is 36.8 Å². The molecule has 0 saturated heterocycles. The molecule has 1 atom stereocenters. The number of hydrogen-bond acceptors (Lipinski definition) is 2. The lowest BCUT2D eigenvalue weighted by Gasteiger charge is -2.19. The minimum atomic E-state index is -0.992. The number of hydrogen-bond donors (Lipinski definition) is 2. The second-order valence-corrected chi connectivity index (χ2v) is 5.60. The summed E-state index contributed by atoms with van der Waals surface area (Å²) in [6.45, 7) is 0. The number of carboxylic acid groups (broad SMARTS) is 1. The summed E-state index contributed by atoms with van der Waals surface area (Å²) in [4.78, 5) is 11.2. The number of benzene rings is 2. The van der Waals surface area contributed by atoms with Crippen molar-refractivity contribution in [1.29, 1.82) is 0 Å². The first-order valence-corrected chi connectivity index (χ1v) is 7.84. The molecule has 2 rings (SSSR count). The number of aromatic carboxylic acids is 1. The maximum Gasteiger partial charge on any atom is 0.335 e. The Hall–Kier alpha value is -2.00. The average molecular weight is 319 g/mol. The average Bonchev–Trinajstić information content (AvgIpc) is 2.53. The highest BCUT2D eigenvalue weighted by Gasteiger charge is 2.19. The quantitative estimate of drug-likeness (QED) is 0.578. The van der Waals surface area contributed by atoms with Crippen LogP contribution in [-0.2, 0) is 0 Å². The van der Waals surface area contributed by atoms with Crippen LogP contribution in [-0.4, -0.2) is 22.1 Å². The SMILES string of the molecule is O=C(O)c1ccc(O)c(C(CCCCCl)c2ccccc2)c1. The number of carboxylic acids is 1. The van der Waals surface area contributed by atoms with Gasteiger partial charge in [-0.3, -0.25) is 0 Å². The molecule has 22 heavy (non-hydrogen) atoms. The van der Waals surface area contributed by atoms with Crippen LogP contribution in [0.5, 0.6) is 5.75 Å². The number of phenolic OH excluding ortho intramolecular Hbond substituents is 1. The second kappa shape index (κ2) is 7.85. The molecule has 0 fully saturated rings. The second-order valence-electron chi connectivity index (χ2n) is 5.23. The maximum atomic E-state index is 11.2. The van der Waals surface area contributed by atoms with Crippen molar-refractivity contribution >= 4 is 17.6 Å². The van der Waals surface area contributed by atoms with Crippen molar-refractivity contribution in [3.8, 4) is 5.75 Å². The first-order valence-electron chi connectivity index (χ1n) is 7.30. The topological polar surface area (TPSA) is 57.5 Å². The van der Waals surface area contributed by atoms with Crippen LogP contribution >= 0.6 is 11.6 Å². The van der Waals surface area contributed by atoms with Crippen molar-refractivity contribution in [3.63, 3.8) is 0 Å². The zero-order valence-electron chi connectivity index (χ0n) is 12.2. The van der Waals surface area contributed by atoms with Crippen LogP contribution in [0.15, 0.2) is 48.5 Å². The van der Waals surface area contributed by atoms with Gasteiger partial charge in [-0.05, 0) is 36.6 Å². The fourth-order valence-corrected chi connectivity index (χ4v) is 2.79.